The third-order valence-corrected chi connectivity index (χ3v) is 1.84. The SMILES string of the molecule is O=[N+]([O-])c1cc(C(F)F)ncc1CCl. The zero-order valence-corrected chi connectivity index (χ0v) is 7.54. The van der Waals surface area contributed by atoms with E-state index in [1.165, 1.54) is 0 Å². The minimum atomic E-state index is -2.82. The summed E-state index contributed by atoms with van der Waals surface area (Å²) in [6.07, 6.45) is -1.83. The highest BCUT2D eigenvalue weighted by Crippen LogP contribution is 2.25. The molecule has 0 atom stereocenters. The number of aromatic nitrogens is 1. The van der Waals surface area contributed by atoms with Crippen molar-refractivity contribution < 1.29 is 13.7 Å². The Morgan fingerprint density at radius 2 is 2.29 bits per heavy atom. The number of nitrogens with zero attached hydrogens (tertiary/aromatic N) is 2. The largest absolute Gasteiger partial charge is 0.280 e. The van der Waals surface area contributed by atoms with Crippen LogP contribution in [0.1, 0.15) is 17.7 Å². The van der Waals surface area contributed by atoms with E-state index in [9.17, 15) is 18.9 Å². The van der Waals surface area contributed by atoms with Crippen LogP contribution in [0.5, 0.6) is 0 Å². The molecule has 0 N–H and O–H groups in total. The quantitative estimate of drug-likeness (QED) is 0.449. The zero-order chi connectivity index (χ0) is 10.7. The van der Waals surface area contributed by atoms with E-state index < -0.39 is 22.7 Å². The van der Waals surface area contributed by atoms with E-state index in [4.69, 9.17) is 11.6 Å². The average molecular weight is 223 g/mol. The molecule has 14 heavy (non-hydrogen) atoms. The first-order valence-corrected chi connectivity index (χ1v) is 4.07. The second-order valence-electron chi connectivity index (χ2n) is 2.43. The molecule has 0 aliphatic rings. The predicted octanol–water partition coefficient (Wildman–Crippen LogP) is 2.67. The lowest BCUT2D eigenvalue weighted by Gasteiger charge is -2.01. The summed E-state index contributed by atoms with van der Waals surface area (Å²) in [5, 5.41) is 10.4. The summed E-state index contributed by atoms with van der Waals surface area (Å²) >= 11 is 5.38. The molecule has 0 radical (unpaired) electrons. The highest BCUT2D eigenvalue weighted by molar-refractivity contribution is 6.17. The zero-order valence-electron chi connectivity index (χ0n) is 6.78. The molecule has 1 aromatic rings. The van der Waals surface area contributed by atoms with Crippen LogP contribution < -0.4 is 0 Å². The number of pyridine rings is 1. The Bertz CT molecular complexity index is 360. The molecule has 4 nitrogen and oxygen atoms in total. The second kappa shape index (κ2) is 4.28. The van der Waals surface area contributed by atoms with E-state index in [2.05, 4.69) is 4.98 Å². The number of hydrogen-bond acceptors (Lipinski definition) is 3. The van der Waals surface area contributed by atoms with Gasteiger partial charge in [-0.05, 0) is 0 Å². The standard InChI is InChI=1S/C7H5ClF2N2O2/c8-2-4-3-11-5(7(9)10)1-6(4)12(13)14/h1,3,7H,2H2. The molecule has 0 saturated carbocycles. The number of alkyl halides is 3. The van der Waals surface area contributed by atoms with Crippen LogP contribution in [0, 0.1) is 10.1 Å². The predicted molar refractivity (Wildman–Crippen MR) is 45.4 cm³/mol. The van der Waals surface area contributed by atoms with Crippen molar-refractivity contribution in [3.63, 3.8) is 0 Å². The van der Waals surface area contributed by atoms with Gasteiger partial charge in [0.1, 0.15) is 5.69 Å². The van der Waals surface area contributed by atoms with E-state index in [0.29, 0.717) is 0 Å². The lowest BCUT2D eigenvalue weighted by atomic mass is 10.2. The van der Waals surface area contributed by atoms with E-state index in [1.807, 2.05) is 0 Å². The number of halogens is 3. The Hall–Kier alpha value is -1.30. The van der Waals surface area contributed by atoms with E-state index in [0.717, 1.165) is 12.3 Å². The van der Waals surface area contributed by atoms with Crippen LogP contribution >= 0.6 is 11.6 Å². The molecule has 1 aromatic heterocycles. The third-order valence-electron chi connectivity index (χ3n) is 1.55. The van der Waals surface area contributed by atoms with Crippen LogP contribution in [0.4, 0.5) is 14.5 Å². The fraction of sp³-hybridized carbons (Fsp3) is 0.286. The molecule has 0 spiro atoms. The summed E-state index contributed by atoms with van der Waals surface area (Å²) in [4.78, 5) is 13.0. The van der Waals surface area contributed by atoms with E-state index in [1.54, 1.807) is 0 Å². The first-order valence-electron chi connectivity index (χ1n) is 3.53. The number of nitro groups is 1. The Labute approximate surface area is 82.7 Å². The highest BCUT2D eigenvalue weighted by atomic mass is 35.5. The van der Waals surface area contributed by atoms with Crippen LogP contribution in [0.2, 0.25) is 0 Å². The maximum absolute atomic E-state index is 12.1. The van der Waals surface area contributed by atoms with Gasteiger partial charge in [0.2, 0.25) is 0 Å². The van der Waals surface area contributed by atoms with E-state index >= 15 is 0 Å². The van der Waals surface area contributed by atoms with Gasteiger partial charge in [-0.1, -0.05) is 0 Å². The first kappa shape index (κ1) is 10.8. The van der Waals surface area contributed by atoms with Crippen molar-refractivity contribution in [2.45, 2.75) is 12.3 Å². The topological polar surface area (TPSA) is 56.0 Å². The van der Waals surface area contributed by atoms with Gasteiger partial charge in [0.15, 0.2) is 0 Å². The number of hydrogen-bond donors (Lipinski definition) is 0. The summed E-state index contributed by atoms with van der Waals surface area (Å²) in [5.74, 6) is -0.132. The van der Waals surface area contributed by atoms with Gasteiger partial charge in [-0.25, -0.2) is 8.78 Å². The first-order chi connectivity index (χ1) is 6.56. The minimum Gasteiger partial charge on any atom is -0.258 e. The second-order valence-corrected chi connectivity index (χ2v) is 2.70. The highest BCUT2D eigenvalue weighted by Gasteiger charge is 2.18. The fourth-order valence-electron chi connectivity index (χ4n) is 0.881. The van der Waals surface area contributed by atoms with E-state index in [-0.39, 0.29) is 11.4 Å². The monoisotopic (exact) mass is 222 g/mol. The molecule has 0 aliphatic heterocycles. The lowest BCUT2D eigenvalue weighted by molar-refractivity contribution is -0.385. The Balaban J connectivity index is 3.21. The van der Waals surface area contributed by atoms with Crippen LogP contribution in [0.3, 0.4) is 0 Å². The Morgan fingerprint density at radius 3 is 2.71 bits per heavy atom. The summed E-state index contributed by atoms with van der Waals surface area (Å²) in [7, 11) is 0. The molecule has 76 valence electrons. The molecule has 0 aliphatic carbocycles. The van der Waals surface area contributed by atoms with Crippen molar-refractivity contribution in [1.29, 1.82) is 0 Å². The maximum atomic E-state index is 12.1. The van der Waals surface area contributed by atoms with Crippen LogP contribution in [-0.4, -0.2) is 9.91 Å². The van der Waals surface area contributed by atoms with Crippen LogP contribution in [0.15, 0.2) is 12.3 Å². The van der Waals surface area contributed by atoms with Gasteiger partial charge >= 0.3 is 0 Å². The Morgan fingerprint density at radius 1 is 1.64 bits per heavy atom. The van der Waals surface area contributed by atoms with Gasteiger partial charge in [-0.3, -0.25) is 15.1 Å². The normalized spacial score (nSPS) is 10.6. The van der Waals surface area contributed by atoms with Crippen molar-refractivity contribution in [2.75, 3.05) is 0 Å². The van der Waals surface area contributed by atoms with Crippen molar-refractivity contribution >= 4 is 17.3 Å². The van der Waals surface area contributed by atoms with Gasteiger partial charge in [0, 0.05) is 12.3 Å². The molecule has 0 aromatic carbocycles. The summed E-state index contributed by atoms with van der Waals surface area (Å²) in [6, 6.07) is 0.738. The third kappa shape index (κ3) is 2.14. The molecule has 1 heterocycles. The van der Waals surface area contributed by atoms with Gasteiger partial charge in [0.05, 0.1) is 16.4 Å². The van der Waals surface area contributed by atoms with Crippen LogP contribution in [0.25, 0.3) is 0 Å². The van der Waals surface area contributed by atoms with Gasteiger partial charge < -0.3 is 0 Å². The molecule has 0 unspecified atom stereocenters. The van der Waals surface area contributed by atoms with Crippen molar-refractivity contribution in [3.05, 3.63) is 33.6 Å². The van der Waals surface area contributed by atoms with Gasteiger partial charge in [-0.15, -0.1) is 11.6 Å². The van der Waals surface area contributed by atoms with Gasteiger partial charge in [0.25, 0.3) is 12.1 Å². The smallest absolute Gasteiger partial charge is 0.258 e. The van der Waals surface area contributed by atoms with Crippen LogP contribution in [-0.2, 0) is 5.88 Å². The molecule has 0 bridgehead atoms. The maximum Gasteiger partial charge on any atom is 0.280 e. The average Bonchev–Trinajstić information content (AvgIpc) is 2.16. The molecular weight excluding hydrogens is 218 g/mol. The lowest BCUT2D eigenvalue weighted by Crippen LogP contribution is -1.98. The molecule has 1 rings (SSSR count). The summed E-state index contributed by atoms with van der Waals surface area (Å²) < 4.78 is 24.3. The van der Waals surface area contributed by atoms with Crippen molar-refractivity contribution in [2.24, 2.45) is 0 Å². The van der Waals surface area contributed by atoms with Crippen molar-refractivity contribution in [1.82, 2.24) is 4.98 Å². The molecule has 0 amide bonds. The Kier molecular flexibility index (Phi) is 3.29. The molecular formula is C7H5ClF2N2O2. The minimum absolute atomic E-state index is 0.126. The summed E-state index contributed by atoms with van der Waals surface area (Å²) in [5.41, 5.74) is -0.920. The number of rotatable bonds is 3. The molecule has 0 fully saturated rings. The molecule has 7 heteroatoms. The van der Waals surface area contributed by atoms with Gasteiger partial charge in [-0.2, -0.15) is 0 Å². The fourth-order valence-corrected chi connectivity index (χ4v) is 1.09. The molecule has 0 saturated heterocycles. The summed E-state index contributed by atoms with van der Waals surface area (Å²) in [6.45, 7) is 0. The van der Waals surface area contributed by atoms with Crippen molar-refractivity contribution in [3.8, 4) is 0 Å².